The van der Waals surface area contributed by atoms with Crippen LogP contribution in [0.15, 0.2) is 30.3 Å². The first kappa shape index (κ1) is 22.5. The van der Waals surface area contributed by atoms with Crippen LogP contribution in [0.1, 0.15) is 66.8 Å². The molecule has 0 spiro atoms. The van der Waals surface area contributed by atoms with Crippen molar-refractivity contribution in [2.45, 2.75) is 59.3 Å². The minimum atomic E-state index is -4.20. The first-order chi connectivity index (χ1) is 13.1. The molecule has 0 heterocycles. The maximum absolute atomic E-state index is 11.0. The van der Waals surface area contributed by atoms with Crippen molar-refractivity contribution in [3.8, 4) is 11.5 Å². The Hall–Kier alpha value is -1.81. The zero-order chi connectivity index (χ0) is 20.9. The molecule has 0 aromatic heterocycles. The Morgan fingerprint density at radius 1 is 1.07 bits per heavy atom. The maximum atomic E-state index is 11.0. The van der Waals surface area contributed by atoms with Gasteiger partial charge in [-0.2, -0.15) is 0 Å². The van der Waals surface area contributed by atoms with E-state index in [2.05, 4.69) is 19.9 Å². The molecule has 0 amide bonds. The van der Waals surface area contributed by atoms with E-state index in [0.717, 1.165) is 53.5 Å². The summed E-state index contributed by atoms with van der Waals surface area (Å²) < 4.78 is 16.3. The Bertz CT molecular complexity index is 833. The number of benzene rings is 2. The number of aryl methyl sites for hydroxylation is 2. The zero-order valence-corrected chi connectivity index (χ0v) is 18.0. The molecule has 1 unspecified atom stereocenters. The van der Waals surface area contributed by atoms with E-state index >= 15 is 0 Å². The van der Waals surface area contributed by atoms with Gasteiger partial charge >= 0.3 is 7.60 Å². The van der Waals surface area contributed by atoms with Gasteiger partial charge in [0.15, 0.2) is 6.35 Å². The fourth-order valence-electron chi connectivity index (χ4n) is 3.65. The lowest BCUT2D eigenvalue weighted by molar-refractivity contribution is 0.300. The van der Waals surface area contributed by atoms with Gasteiger partial charge in [-0.3, -0.25) is 4.57 Å². The molecule has 1 atom stereocenters. The largest absolute Gasteiger partial charge is 0.508 e. The van der Waals surface area contributed by atoms with E-state index in [-0.39, 0.29) is 0 Å². The number of hydrogen-bond donors (Lipinski definition) is 3. The lowest BCUT2D eigenvalue weighted by Gasteiger charge is -2.18. The van der Waals surface area contributed by atoms with Crippen molar-refractivity contribution in [1.29, 1.82) is 0 Å². The summed E-state index contributed by atoms with van der Waals surface area (Å²) in [5.41, 5.74) is 5.33. The number of phenols is 1. The summed E-state index contributed by atoms with van der Waals surface area (Å²) >= 11 is 0. The minimum Gasteiger partial charge on any atom is -0.508 e. The van der Waals surface area contributed by atoms with Gasteiger partial charge in [-0.25, -0.2) is 0 Å². The first-order valence-corrected chi connectivity index (χ1v) is 11.5. The van der Waals surface area contributed by atoms with Crippen LogP contribution in [0.5, 0.6) is 11.5 Å². The van der Waals surface area contributed by atoms with Crippen molar-refractivity contribution in [1.82, 2.24) is 0 Å². The predicted molar refractivity (Wildman–Crippen MR) is 112 cm³/mol. The molecule has 154 valence electrons. The molecule has 0 bridgehead atoms. The Morgan fingerprint density at radius 2 is 1.71 bits per heavy atom. The summed E-state index contributed by atoms with van der Waals surface area (Å²) in [6, 6.07) is 9.46. The topological polar surface area (TPSA) is 87.0 Å². The van der Waals surface area contributed by atoms with E-state index in [1.807, 2.05) is 32.0 Å². The summed E-state index contributed by atoms with van der Waals surface area (Å²) in [6.45, 7) is 8.25. The third-order valence-corrected chi connectivity index (χ3v) is 5.58. The Morgan fingerprint density at radius 3 is 2.25 bits per heavy atom. The molecule has 0 aliphatic carbocycles. The van der Waals surface area contributed by atoms with Crippen LogP contribution in [0.4, 0.5) is 0 Å². The van der Waals surface area contributed by atoms with E-state index in [1.165, 1.54) is 0 Å². The van der Waals surface area contributed by atoms with Crippen LogP contribution < -0.4 is 4.74 Å². The molecule has 6 heteroatoms. The quantitative estimate of drug-likeness (QED) is 0.485. The monoisotopic (exact) mass is 406 g/mol. The second-order valence-electron chi connectivity index (χ2n) is 7.44. The molecular weight excluding hydrogens is 375 g/mol. The van der Waals surface area contributed by atoms with Gasteiger partial charge in [0.2, 0.25) is 0 Å². The van der Waals surface area contributed by atoms with Gasteiger partial charge in [0.1, 0.15) is 11.5 Å². The number of rotatable bonds is 9. The van der Waals surface area contributed by atoms with Crippen LogP contribution in [0, 0.1) is 13.8 Å². The molecule has 0 radical (unpaired) electrons. The molecule has 0 fully saturated rings. The smallest absolute Gasteiger partial charge is 0.362 e. The van der Waals surface area contributed by atoms with Crippen LogP contribution in [-0.4, -0.2) is 21.2 Å². The highest BCUT2D eigenvalue weighted by Crippen LogP contribution is 2.36. The first-order valence-electron chi connectivity index (χ1n) is 9.73. The van der Waals surface area contributed by atoms with Crippen molar-refractivity contribution < 1.29 is 24.2 Å². The third-order valence-electron chi connectivity index (χ3n) is 5.11. The van der Waals surface area contributed by atoms with Gasteiger partial charge in [-0.05, 0) is 85.0 Å². The molecule has 2 rings (SSSR count). The van der Waals surface area contributed by atoms with Gasteiger partial charge in [-0.15, -0.1) is 0 Å². The average molecular weight is 406 g/mol. The lowest BCUT2D eigenvalue weighted by atomic mass is 9.88. The van der Waals surface area contributed by atoms with Crippen LogP contribution in [0.25, 0.3) is 0 Å². The molecule has 28 heavy (non-hydrogen) atoms. The van der Waals surface area contributed by atoms with Gasteiger partial charge in [0.25, 0.3) is 0 Å². The summed E-state index contributed by atoms with van der Waals surface area (Å²) in [5, 5.41) is 10.3. The van der Waals surface area contributed by atoms with Crippen molar-refractivity contribution in [3.05, 3.63) is 58.1 Å². The molecule has 0 aliphatic rings. The highest BCUT2D eigenvalue weighted by molar-refractivity contribution is 7.51. The van der Waals surface area contributed by atoms with Gasteiger partial charge in [0.05, 0.1) is 0 Å². The average Bonchev–Trinajstić information content (AvgIpc) is 2.62. The standard InChI is InChI=1S/C22H31O5P/c1-5-7-18(6-2)21-13-17(8-9-22(21)23)12-20-15(3)10-19(11-16(20)4)27-14-28(24,25)26/h8-11,13,18,23H,5-7,12,14H2,1-4H3,(H2,24,25,26). The summed E-state index contributed by atoms with van der Waals surface area (Å²) in [6.07, 6.45) is 3.23. The van der Waals surface area contributed by atoms with Crippen LogP contribution in [-0.2, 0) is 11.0 Å². The Balaban J connectivity index is 2.27. The lowest BCUT2D eigenvalue weighted by Crippen LogP contribution is -2.03. The minimum absolute atomic E-state index is 0.357. The zero-order valence-electron chi connectivity index (χ0n) is 17.1. The molecule has 0 saturated heterocycles. The number of hydrogen-bond acceptors (Lipinski definition) is 3. The number of ether oxygens (including phenoxy) is 1. The highest BCUT2D eigenvalue weighted by atomic mass is 31.2. The molecule has 0 saturated carbocycles. The number of phenolic OH excluding ortho intramolecular Hbond substituents is 1. The predicted octanol–water partition coefficient (Wildman–Crippen LogP) is 5.41. The van der Waals surface area contributed by atoms with Crippen molar-refractivity contribution in [3.63, 3.8) is 0 Å². The van der Waals surface area contributed by atoms with E-state index in [4.69, 9.17) is 14.5 Å². The second kappa shape index (κ2) is 9.60. The molecule has 2 aromatic carbocycles. The summed E-state index contributed by atoms with van der Waals surface area (Å²) in [5.74, 6) is 1.18. The molecule has 5 nitrogen and oxygen atoms in total. The molecular formula is C22H31O5P. The fraction of sp³-hybridized carbons (Fsp3) is 0.455. The molecule has 2 aromatic rings. The van der Waals surface area contributed by atoms with Crippen molar-refractivity contribution >= 4 is 7.60 Å². The second-order valence-corrected chi connectivity index (χ2v) is 9.03. The van der Waals surface area contributed by atoms with Crippen molar-refractivity contribution in [2.24, 2.45) is 0 Å². The van der Waals surface area contributed by atoms with Gasteiger partial charge < -0.3 is 19.6 Å². The summed E-state index contributed by atoms with van der Waals surface area (Å²) in [4.78, 5) is 18.0. The SMILES string of the molecule is CCCC(CC)c1cc(Cc2c(C)cc(OCP(=O)(O)O)cc2C)ccc1O. The van der Waals surface area contributed by atoms with Gasteiger partial charge in [-0.1, -0.05) is 32.4 Å². The Labute approximate surface area is 167 Å². The van der Waals surface area contributed by atoms with E-state index in [9.17, 15) is 9.67 Å². The molecule has 3 N–H and O–H groups in total. The molecule has 0 aliphatic heterocycles. The van der Waals surface area contributed by atoms with Gasteiger partial charge in [0, 0.05) is 0 Å². The normalized spacial score (nSPS) is 12.8. The summed E-state index contributed by atoms with van der Waals surface area (Å²) in [7, 11) is -4.20. The van der Waals surface area contributed by atoms with E-state index in [1.54, 1.807) is 6.07 Å². The third kappa shape index (κ3) is 6.10. The van der Waals surface area contributed by atoms with Crippen LogP contribution in [0.3, 0.4) is 0 Å². The maximum Gasteiger partial charge on any atom is 0.362 e. The van der Waals surface area contributed by atoms with Crippen molar-refractivity contribution in [2.75, 3.05) is 6.35 Å². The van der Waals surface area contributed by atoms with Crippen LogP contribution in [0.2, 0.25) is 0 Å². The number of aromatic hydroxyl groups is 1. The highest BCUT2D eigenvalue weighted by Gasteiger charge is 2.16. The van der Waals surface area contributed by atoms with E-state index < -0.39 is 13.9 Å². The Kier molecular flexibility index (Phi) is 7.70. The van der Waals surface area contributed by atoms with Crippen LogP contribution >= 0.6 is 7.60 Å². The van der Waals surface area contributed by atoms with E-state index in [0.29, 0.717) is 17.4 Å². The fourth-order valence-corrected chi connectivity index (χ4v) is 3.96.